The minimum Gasteiger partial charge on any atom is -0.421 e. The van der Waals surface area contributed by atoms with Crippen LogP contribution in [0.5, 0.6) is 11.5 Å². The van der Waals surface area contributed by atoms with Crippen LogP contribution in [-0.2, 0) is 9.59 Å². The van der Waals surface area contributed by atoms with Crippen LogP contribution in [0.25, 0.3) is 11.1 Å². The Bertz CT molecular complexity index is 810. The maximum absolute atomic E-state index is 12.7. The zero-order valence-corrected chi connectivity index (χ0v) is 12.4. The monoisotopic (exact) mass is 330 g/mol. The summed E-state index contributed by atoms with van der Waals surface area (Å²) >= 11 is 0. The lowest BCUT2D eigenvalue weighted by molar-refractivity contribution is -0.132. The van der Waals surface area contributed by atoms with Crippen molar-refractivity contribution < 1.29 is 27.8 Å². The topological polar surface area (TPSA) is 52.6 Å². The van der Waals surface area contributed by atoms with Crippen molar-refractivity contribution in [2.75, 3.05) is 0 Å². The largest absolute Gasteiger partial charge is 0.421 e. The lowest BCUT2D eigenvalue weighted by Gasteiger charge is -2.07. The Balaban J connectivity index is 2.17. The van der Waals surface area contributed by atoms with E-state index in [4.69, 9.17) is 9.47 Å². The van der Waals surface area contributed by atoms with Crippen LogP contribution in [0.1, 0.15) is 0 Å². The van der Waals surface area contributed by atoms with E-state index in [1.807, 2.05) is 0 Å². The minimum atomic E-state index is -1.19. The molecule has 0 spiro atoms. The van der Waals surface area contributed by atoms with Crippen LogP contribution in [0.4, 0.5) is 8.78 Å². The Hall–Kier alpha value is -3.28. The lowest BCUT2D eigenvalue weighted by atomic mass is 10.1. The summed E-state index contributed by atoms with van der Waals surface area (Å²) in [7, 11) is 0. The first-order valence-electron chi connectivity index (χ1n) is 6.70. The summed E-state index contributed by atoms with van der Waals surface area (Å²) < 4.78 is 34.8. The number of carbonyl (C=O) groups is 2. The summed E-state index contributed by atoms with van der Waals surface area (Å²) in [5, 5.41) is 0. The SMILES string of the molecule is C=C(F)C(=O)Oc1ccc(-c2cccc(OC(=O)C(=C)F)c2)cc1. The highest BCUT2D eigenvalue weighted by Crippen LogP contribution is 2.26. The van der Waals surface area contributed by atoms with E-state index in [1.54, 1.807) is 24.3 Å². The molecule has 0 fully saturated rings. The molecule has 2 aromatic carbocycles. The lowest BCUT2D eigenvalue weighted by Crippen LogP contribution is -2.07. The fraction of sp³-hybridized carbons (Fsp3) is 0. The fourth-order valence-corrected chi connectivity index (χ4v) is 1.78. The van der Waals surface area contributed by atoms with E-state index in [2.05, 4.69) is 13.2 Å². The van der Waals surface area contributed by atoms with Gasteiger partial charge in [-0.05, 0) is 35.4 Å². The van der Waals surface area contributed by atoms with E-state index in [-0.39, 0.29) is 11.5 Å². The van der Waals surface area contributed by atoms with Gasteiger partial charge in [-0.2, -0.15) is 8.78 Å². The third kappa shape index (κ3) is 4.36. The van der Waals surface area contributed by atoms with Gasteiger partial charge in [-0.3, -0.25) is 0 Å². The molecule has 0 saturated heterocycles. The summed E-state index contributed by atoms with van der Waals surface area (Å²) in [5.41, 5.74) is 1.39. The van der Waals surface area contributed by atoms with Crippen LogP contribution in [0.3, 0.4) is 0 Å². The smallest absolute Gasteiger partial charge is 0.371 e. The number of halogens is 2. The van der Waals surface area contributed by atoms with Crippen LogP contribution >= 0.6 is 0 Å². The van der Waals surface area contributed by atoms with Gasteiger partial charge >= 0.3 is 11.9 Å². The molecule has 6 heteroatoms. The quantitative estimate of drug-likeness (QED) is 0.470. The highest BCUT2D eigenvalue weighted by molar-refractivity contribution is 5.87. The van der Waals surface area contributed by atoms with Crippen molar-refractivity contribution >= 4 is 11.9 Å². The number of rotatable bonds is 5. The second-order valence-corrected chi connectivity index (χ2v) is 4.64. The first-order chi connectivity index (χ1) is 11.4. The molecule has 24 heavy (non-hydrogen) atoms. The number of benzene rings is 2. The van der Waals surface area contributed by atoms with Crippen LogP contribution in [-0.4, -0.2) is 11.9 Å². The van der Waals surface area contributed by atoms with Crippen molar-refractivity contribution in [2.24, 2.45) is 0 Å². The maximum atomic E-state index is 12.7. The Morgan fingerprint density at radius 1 is 0.750 bits per heavy atom. The molecule has 0 aromatic heterocycles. The van der Waals surface area contributed by atoms with Gasteiger partial charge in [-0.15, -0.1) is 0 Å². The van der Waals surface area contributed by atoms with Crippen LogP contribution < -0.4 is 9.47 Å². The number of carbonyl (C=O) groups excluding carboxylic acids is 2. The predicted octanol–water partition coefficient (Wildman–Crippen LogP) is 4.13. The molecule has 2 rings (SSSR count). The van der Waals surface area contributed by atoms with E-state index < -0.39 is 23.6 Å². The number of hydrogen-bond donors (Lipinski definition) is 0. The highest BCUT2D eigenvalue weighted by atomic mass is 19.1. The van der Waals surface area contributed by atoms with Gasteiger partial charge in [-0.1, -0.05) is 37.4 Å². The number of hydrogen-bond acceptors (Lipinski definition) is 4. The molecule has 4 nitrogen and oxygen atoms in total. The molecule has 0 aliphatic rings. The van der Waals surface area contributed by atoms with Crippen LogP contribution in [0.15, 0.2) is 73.3 Å². The van der Waals surface area contributed by atoms with Crippen molar-refractivity contribution in [1.82, 2.24) is 0 Å². The molecule has 0 bridgehead atoms. The summed E-state index contributed by atoms with van der Waals surface area (Å²) in [6.07, 6.45) is 0. The van der Waals surface area contributed by atoms with Crippen LogP contribution in [0.2, 0.25) is 0 Å². The summed E-state index contributed by atoms with van der Waals surface area (Å²) in [5.74, 6) is -4.41. The molecule has 0 aliphatic heterocycles. The molecule has 0 N–H and O–H groups in total. The minimum absolute atomic E-state index is 0.152. The van der Waals surface area contributed by atoms with Gasteiger partial charge in [0.2, 0.25) is 11.7 Å². The Labute approximate surface area is 136 Å². The summed E-state index contributed by atoms with van der Waals surface area (Å²) in [6.45, 7) is 5.71. The van der Waals surface area contributed by atoms with Crippen LogP contribution in [0, 0.1) is 0 Å². The Kier molecular flexibility index (Phi) is 5.21. The number of esters is 2. The zero-order chi connectivity index (χ0) is 17.7. The molecule has 0 unspecified atom stereocenters. The van der Waals surface area contributed by atoms with Gasteiger partial charge < -0.3 is 9.47 Å². The van der Waals surface area contributed by atoms with Gasteiger partial charge in [0, 0.05) is 0 Å². The second-order valence-electron chi connectivity index (χ2n) is 4.64. The third-order valence-corrected chi connectivity index (χ3v) is 2.89. The van der Waals surface area contributed by atoms with E-state index in [0.717, 1.165) is 0 Å². The van der Waals surface area contributed by atoms with Gasteiger partial charge in [-0.25, -0.2) is 9.59 Å². The van der Waals surface area contributed by atoms with Crippen molar-refractivity contribution in [2.45, 2.75) is 0 Å². The molecule has 0 radical (unpaired) electrons. The van der Waals surface area contributed by atoms with Gasteiger partial charge in [0.05, 0.1) is 0 Å². The molecule has 0 heterocycles. The Morgan fingerprint density at radius 3 is 1.83 bits per heavy atom. The Morgan fingerprint density at radius 2 is 1.29 bits per heavy atom. The zero-order valence-electron chi connectivity index (χ0n) is 12.4. The average molecular weight is 330 g/mol. The molecular weight excluding hydrogens is 318 g/mol. The van der Waals surface area contributed by atoms with E-state index in [9.17, 15) is 18.4 Å². The highest BCUT2D eigenvalue weighted by Gasteiger charge is 2.11. The van der Waals surface area contributed by atoms with Gasteiger partial charge in [0.1, 0.15) is 11.5 Å². The van der Waals surface area contributed by atoms with Crippen molar-refractivity contribution in [3.05, 3.63) is 73.3 Å². The normalized spacial score (nSPS) is 9.92. The molecule has 0 aliphatic carbocycles. The molecule has 0 atom stereocenters. The molecular formula is C18H12F2O4. The van der Waals surface area contributed by atoms with Gasteiger partial charge in [0.25, 0.3) is 0 Å². The summed E-state index contributed by atoms with van der Waals surface area (Å²) in [6, 6.07) is 12.6. The van der Waals surface area contributed by atoms with Crippen molar-refractivity contribution in [3.63, 3.8) is 0 Å². The summed E-state index contributed by atoms with van der Waals surface area (Å²) in [4.78, 5) is 22.3. The first kappa shape index (κ1) is 17.1. The van der Waals surface area contributed by atoms with Crippen molar-refractivity contribution in [3.8, 4) is 22.6 Å². The van der Waals surface area contributed by atoms with E-state index in [0.29, 0.717) is 11.1 Å². The second kappa shape index (κ2) is 7.32. The standard InChI is InChI=1S/C18H12F2O4/c1-11(19)17(21)23-15-8-6-13(7-9-15)14-4-3-5-16(10-14)24-18(22)12(2)20/h3-10H,1-2H2. The fourth-order valence-electron chi connectivity index (χ4n) is 1.78. The predicted molar refractivity (Wildman–Crippen MR) is 83.6 cm³/mol. The first-order valence-corrected chi connectivity index (χ1v) is 6.70. The maximum Gasteiger partial charge on any atom is 0.371 e. The molecule has 0 amide bonds. The molecule has 2 aromatic rings. The average Bonchev–Trinajstić information content (AvgIpc) is 2.55. The molecule has 0 saturated carbocycles. The van der Waals surface area contributed by atoms with E-state index >= 15 is 0 Å². The van der Waals surface area contributed by atoms with Crippen molar-refractivity contribution in [1.29, 1.82) is 0 Å². The number of ether oxygens (including phenoxy) is 2. The molecule has 122 valence electrons. The third-order valence-electron chi connectivity index (χ3n) is 2.89. The van der Waals surface area contributed by atoms with Gasteiger partial charge in [0.15, 0.2) is 0 Å². The van der Waals surface area contributed by atoms with E-state index in [1.165, 1.54) is 24.3 Å².